The van der Waals surface area contributed by atoms with Gasteiger partial charge < -0.3 is 10.6 Å². The van der Waals surface area contributed by atoms with E-state index in [0.29, 0.717) is 25.1 Å². The summed E-state index contributed by atoms with van der Waals surface area (Å²) in [5.41, 5.74) is 5.85. The topological polar surface area (TPSA) is 75.4 Å². The van der Waals surface area contributed by atoms with Crippen LogP contribution in [0, 0.1) is 17.8 Å². The fourth-order valence-electron chi connectivity index (χ4n) is 4.78. The van der Waals surface area contributed by atoms with Crippen molar-refractivity contribution in [3.8, 4) is 0 Å². The van der Waals surface area contributed by atoms with Crippen LogP contribution in [-0.4, -0.2) is 59.8 Å². The smallest absolute Gasteiger partial charge is 0.321 e. The van der Waals surface area contributed by atoms with E-state index in [9.17, 15) is 22.8 Å². The summed E-state index contributed by atoms with van der Waals surface area (Å²) < 4.78 is 38.3. The van der Waals surface area contributed by atoms with E-state index < -0.39 is 17.8 Å². The molecule has 1 aromatic carbocycles. The number of carbonyl (C=O) groups excluding carboxylic acids is 2. The van der Waals surface area contributed by atoms with Crippen LogP contribution in [0.3, 0.4) is 0 Å². The number of nitrogens with two attached hydrogens (primary N) is 1. The Kier molecular flexibility index (Phi) is 5.76. The van der Waals surface area contributed by atoms with Gasteiger partial charge in [-0.1, -0.05) is 12.1 Å². The molecule has 2 unspecified atom stereocenters. The number of Topliss-reactive ketones (excluding diaryl/α,β-unsaturated/α-hetero) is 2. The van der Waals surface area contributed by atoms with Gasteiger partial charge in [-0.3, -0.25) is 14.9 Å². The van der Waals surface area contributed by atoms with Crippen molar-refractivity contribution in [2.75, 3.05) is 31.3 Å². The van der Waals surface area contributed by atoms with Crippen LogP contribution in [0.4, 0.5) is 13.2 Å². The normalized spacial score (nSPS) is 32.9. The third-order valence-electron chi connectivity index (χ3n) is 6.34. The molecule has 3 saturated heterocycles. The Balaban J connectivity index is 1.42. The molecule has 9 heteroatoms. The van der Waals surface area contributed by atoms with Gasteiger partial charge in [0.05, 0.1) is 17.6 Å². The number of alkyl halides is 3. The van der Waals surface area contributed by atoms with Crippen molar-refractivity contribution >= 4 is 23.3 Å². The summed E-state index contributed by atoms with van der Waals surface area (Å²) in [7, 11) is 0. The van der Waals surface area contributed by atoms with Gasteiger partial charge in [-0.05, 0) is 30.4 Å². The van der Waals surface area contributed by atoms with Crippen LogP contribution < -0.4 is 11.1 Å². The van der Waals surface area contributed by atoms with Gasteiger partial charge in [0.2, 0.25) is 0 Å². The lowest BCUT2D eigenvalue weighted by Crippen LogP contribution is -2.52. The van der Waals surface area contributed by atoms with Gasteiger partial charge in [0.25, 0.3) is 0 Å². The third kappa shape index (κ3) is 4.23. The first-order chi connectivity index (χ1) is 13.7. The van der Waals surface area contributed by atoms with Crippen molar-refractivity contribution in [2.24, 2.45) is 23.5 Å². The Morgan fingerprint density at radius 3 is 2.52 bits per heavy atom. The highest BCUT2D eigenvalue weighted by atomic mass is 32.2. The van der Waals surface area contributed by atoms with Crippen molar-refractivity contribution in [1.29, 1.82) is 0 Å². The molecule has 6 atom stereocenters. The zero-order valence-electron chi connectivity index (χ0n) is 15.8. The lowest BCUT2D eigenvalue weighted by Gasteiger charge is -2.34. The molecular formula is C20H24F3N3O2S. The van der Waals surface area contributed by atoms with Gasteiger partial charge in [-0.2, -0.15) is 13.2 Å². The maximum atomic E-state index is 13.0. The molecular weight excluding hydrogens is 403 g/mol. The number of piperidine rings is 1. The predicted octanol–water partition coefficient (Wildman–Crippen LogP) is 2.01. The summed E-state index contributed by atoms with van der Waals surface area (Å²) in [6.45, 7) is 2.02. The average Bonchev–Trinajstić information content (AvgIpc) is 3.33. The summed E-state index contributed by atoms with van der Waals surface area (Å²) in [5, 5.41) is 3.16. The van der Waals surface area contributed by atoms with E-state index in [0.717, 1.165) is 30.3 Å². The molecule has 0 spiro atoms. The third-order valence-corrected chi connectivity index (χ3v) is 7.28. The number of rotatable bonds is 5. The van der Waals surface area contributed by atoms with Crippen molar-refractivity contribution < 1.29 is 22.8 Å². The van der Waals surface area contributed by atoms with Crippen molar-refractivity contribution in [3.63, 3.8) is 0 Å². The van der Waals surface area contributed by atoms with Crippen LogP contribution in [0.15, 0.2) is 24.3 Å². The maximum absolute atomic E-state index is 13.0. The summed E-state index contributed by atoms with van der Waals surface area (Å²) in [6, 6.07) is 3.68. The lowest BCUT2D eigenvalue weighted by atomic mass is 9.78. The zero-order valence-corrected chi connectivity index (χ0v) is 16.6. The number of hydrogen-bond acceptors (Lipinski definition) is 6. The highest BCUT2D eigenvalue weighted by molar-refractivity contribution is 7.99. The highest BCUT2D eigenvalue weighted by Crippen LogP contribution is 2.38. The van der Waals surface area contributed by atoms with Crippen LogP contribution in [-0.2, 0) is 11.0 Å². The summed E-state index contributed by atoms with van der Waals surface area (Å²) in [4.78, 5) is 27.8. The molecule has 0 amide bonds. The SMILES string of the molecule is N[C@H](C(=O)C1CSCN1)[C@H]1C[C@@H]2CN(C1)C[C@H]2C(=O)c1ccc(C(F)(F)F)cc1. The molecule has 3 fully saturated rings. The number of fused-ring (bicyclic) bond motifs is 2. The predicted molar refractivity (Wildman–Crippen MR) is 105 cm³/mol. The fourth-order valence-corrected chi connectivity index (χ4v) is 5.74. The van der Waals surface area contributed by atoms with E-state index in [1.165, 1.54) is 12.1 Å². The minimum absolute atomic E-state index is 0.000875. The monoisotopic (exact) mass is 427 g/mol. The van der Waals surface area contributed by atoms with Crippen LogP contribution in [0.1, 0.15) is 22.3 Å². The van der Waals surface area contributed by atoms with Crippen molar-refractivity contribution in [2.45, 2.75) is 24.7 Å². The Morgan fingerprint density at radius 2 is 1.90 bits per heavy atom. The van der Waals surface area contributed by atoms with E-state index in [2.05, 4.69) is 10.2 Å². The molecule has 0 aromatic heterocycles. The molecule has 3 aliphatic rings. The number of nitrogens with zero attached hydrogens (tertiary/aromatic N) is 1. The maximum Gasteiger partial charge on any atom is 0.416 e. The van der Waals surface area contributed by atoms with Crippen LogP contribution in [0.25, 0.3) is 0 Å². The van der Waals surface area contributed by atoms with E-state index in [-0.39, 0.29) is 35.4 Å². The number of halogens is 3. The quantitative estimate of drug-likeness (QED) is 0.701. The second-order valence-corrected chi connectivity index (χ2v) is 9.25. The number of ketones is 2. The number of hydrogen-bond donors (Lipinski definition) is 2. The van der Waals surface area contributed by atoms with E-state index in [1.807, 2.05) is 0 Å². The number of carbonyl (C=O) groups is 2. The number of thioether (sulfide) groups is 1. The summed E-state index contributed by atoms with van der Waals surface area (Å²) in [6.07, 6.45) is -3.72. The van der Waals surface area contributed by atoms with Crippen molar-refractivity contribution in [3.05, 3.63) is 35.4 Å². The molecule has 158 valence electrons. The van der Waals surface area contributed by atoms with Gasteiger partial charge in [0, 0.05) is 42.7 Å². The number of nitrogens with one attached hydrogen (secondary N) is 1. The Labute approximate surface area is 171 Å². The highest BCUT2D eigenvalue weighted by Gasteiger charge is 2.46. The molecule has 0 aliphatic carbocycles. The van der Waals surface area contributed by atoms with Gasteiger partial charge in [-0.15, -0.1) is 11.8 Å². The average molecular weight is 427 g/mol. The lowest BCUT2D eigenvalue weighted by molar-refractivity contribution is -0.137. The Bertz CT molecular complexity index is 780. The number of benzene rings is 1. The second-order valence-electron chi connectivity index (χ2n) is 8.22. The zero-order chi connectivity index (χ0) is 20.8. The molecule has 4 rings (SSSR count). The van der Waals surface area contributed by atoms with Gasteiger partial charge >= 0.3 is 6.18 Å². The Hall–Kier alpha value is -1.42. The molecule has 5 nitrogen and oxygen atoms in total. The Morgan fingerprint density at radius 1 is 1.17 bits per heavy atom. The largest absolute Gasteiger partial charge is 0.416 e. The second kappa shape index (κ2) is 8.02. The molecule has 3 aliphatic heterocycles. The molecule has 0 radical (unpaired) electrons. The van der Waals surface area contributed by atoms with E-state index in [1.54, 1.807) is 11.8 Å². The first-order valence-electron chi connectivity index (χ1n) is 9.78. The standard InChI is InChI=1S/C20H24F3N3O2S/c21-20(22,23)14-3-1-11(2-4-14)18(27)15-8-26-6-12(15)5-13(7-26)17(24)19(28)16-9-29-10-25-16/h1-4,12-13,15-17,25H,5-10,24H2/t12-,13+,15-,16?,17+/m1/s1. The van der Waals surface area contributed by atoms with Crippen LogP contribution >= 0.6 is 11.8 Å². The summed E-state index contributed by atoms with van der Waals surface area (Å²) in [5.74, 6) is 1.22. The summed E-state index contributed by atoms with van der Waals surface area (Å²) >= 11 is 1.68. The van der Waals surface area contributed by atoms with Crippen LogP contribution in [0.2, 0.25) is 0 Å². The minimum Gasteiger partial charge on any atom is -0.321 e. The molecule has 1 aromatic rings. The van der Waals surface area contributed by atoms with E-state index in [4.69, 9.17) is 5.73 Å². The molecule has 3 N–H and O–H groups in total. The van der Waals surface area contributed by atoms with E-state index >= 15 is 0 Å². The van der Waals surface area contributed by atoms with Gasteiger partial charge in [0.15, 0.2) is 11.6 Å². The van der Waals surface area contributed by atoms with Crippen LogP contribution in [0.5, 0.6) is 0 Å². The first-order valence-corrected chi connectivity index (χ1v) is 10.9. The van der Waals surface area contributed by atoms with Gasteiger partial charge in [0.1, 0.15) is 0 Å². The molecule has 0 saturated carbocycles. The molecule has 29 heavy (non-hydrogen) atoms. The molecule has 3 heterocycles. The minimum atomic E-state index is -4.42. The fraction of sp³-hybridized carbons (Fsp3) is 0.600. The van der Waals surface area contributed by atoms with Gasteiger partial charge in [-0.25, -0.2) is 0 Å². The van der Waals surface area contributed by atoms with Crippen molar-refractivity contribution in [1.82, 2.24) is 10.2 Å². The first kappa shape index (κ1) is 20.8. The molecule has 2 bridgehead atoms.